The van der Waals surface area contributed by atoms with E-state index in [1.807, 2.05) is 4.90 Å². The van der Waals surface area contributed by atoms with Crippen LogP contribution in [-0.4, -0.2) is 35.7 Å². The van der Waals surface area contributed by atoms with Crippen molar-refractivity contribution in [3.63, 3.8) is 0 Å². The number of thioether (sulfide) groups is 1. The Kier molecular flexibility index (Phi) is 5.51. The zero-order chi connectivity index (χ0) is 16.3. The number of carbonyl (C=O) groups excluding carboxylic acids is 2. The molecule has 120 valence electrons. The van der Waals surface area contributed by atoms with Gasteiger partial charge in [-0.1, -0.05) is 17.7 Å². The molecule has 1 saturated heterocycles. The Morgan fingerprint density at radius 1 is 1.32 bits per heavy atom. The van der Waals surface area contributed by atoms with E-state index in [0.717, 1.165) is 0 Å². The lowest BCUT2D eigenvalue weighted by Gasteiger charge is -2.27. The third kappa shape index (κ3) is 3.64. The van der Waals surface area contributed by atoms with E-state index in [-0.39, 0.29) is 23.7 Å². The highest BCUT2D eigenvalue weighted by Crippen LogP contribution is 2.41. The number of ether oxygens (including phenoxy) is 1. The fourth-order valence-corrected chi connectivity index (χ4v) is 4.37. The van der Waals surface area contributed by atoms with E-state index in [2.05, 4.69) is 32.9 Å². The summed E-state index contributed by atoms with van der Waals surface area (Å²) in [5.74, 6) is 0.322. The van der Waals surface area contributed by atoms with Crippen molar-refractivity contribution in [3.8, 4) is 0 Å². The van der Waals surface area contributed by atoms with Gasteiger partial charge in [-0.25, -0.2) is 0 Å². The number of esters is 1. The molecule has 1 aliphatic heterocycles. The fourth-order valence-electron chi connectivity index (χ4n) is 2.96. The van der Waals surface area contributed by atoms with Crippen molar-refractivity contribution in [2.24, 2.45) is 0 Å². The molecule has 1 amide bonds. The molecule has 5 heteroatoms. The summed E-state index contributed by atoms with van der Waals surface area (Å²) in [6, 6.07) is 4.30. The van der Waals surface area contributed by atoms with Crippen LogP contribution in [0.2, 0.25) is 0 Å². The number of hydrogen-bond acceptors (Lipinski definition) is 4. The first-order chi connectivity index (χ1) is 10.4. The predicted molar refractivity (Wildman–Crippen MR) is 88.8 cm³/mol. The average Bonchev–Trinajstić information content (AvgIpc) is 2.77. The summed E-state index contributed by atoms with van der Waals surface area (Å²) in [6.45, 7) is 8.83. The lowest BCUT2D eigenvalue weighted by molar-refractivity contribution is -0.143. The number of rotatable bonds is 5. The van der Waals surface area contributed by atoms with Crippen LogP contribution in [0.15, 0.2) is 12.1 Å². The van der Waals surface area contributed by atoms with Crippen LogP contribution in [0.25, 0.3) is 0 Å². The van der Waals surface area contributed by atoms with Crippen LogP contribution < -0.4 is 0 Å². The maximum absolute atomic E-state index is 12.2. The van der Waals surface area contributed by atoms with E-state index in [9.17, 15) is 9.59 Å². The van der Waals surface area contributed by atoms with Gasteiger partial charge in [-0.15, -0.1) is 11.8 Å². The summed E-state index contributed by atoms with van der Waals surface area (Å²) < 4.78 is 4.96. The zero-order valence-corrected chi connectivity index (χ0v) is 14.5. The van der Waals surface area contributed by atoms with Crippen molar-refractivity contribution in [3.05, 3.63) is 34.4 Å². The highest BCUT2D eigenvalue weighted by atomic mass is 32.2. The van der Waals surface area contributed by atoms with Gasteiger partial charge in [-0.05, 0) is 44.4 Å². The maximum atomic E-state index is 12.2. The number of carbonyl (C=O) groups is 2. The minimum Gasteiger partial charge on any atom is -0.466 e. The lowest BCUT2D eigenvalue weighted by atomic mass is 9.99. The van der Waals surface area contributed by atoms with Crippen LogP contribution in [0.1, 0.15) is 41.0 Å². The van der Waals surface area contributed by atoms with Crippen LogP contribution >= 0.6 is 11.8 Å². The molecule has 0 aromatic heterocycles. The molecule has 1 fully saturated rings. The molecular formula is C17H23NO3S. The molecule has 0 aliphatic carbocycles. The van der Waals surface area contributed by atoms with Gasteiger partial charge in [0.15, 0.2) is 0 Å². The number of benzene rings is 1. The third-order valence-electron chi connectivity index (χ3n) is 3.82. The van der Waals surface area contributed by atoms with E-state index in [1.54, 1.807) is 18.7 Å². The molecule has 2 rings (SSSR count). The Morgan fingerprint density at radius 3 is 2.55 bits per heavy atom. The molecule has 4 nitrogen and oxygen atoms in total. The molecule has 1 unspecified atom stereocenters. The molecule has 22 heavy (non-hydrogen) atoms. The smallest absolute Gasteiger partial charge is 0.307 e. The van der Waals surface area contributed by atoms with Gasteiger partial charge in [0.05, 0.1) is 18.8 Å². The van der Waals surface area contributed by atoms with Crippen molar-refractivity contribution in [2.45, 2.75) is 39.5 Å². The number of hydrogen-bond donors (Lipinski definition) is 0. The molecule has 0 spiro atoms. The zero-order valence-electron chi connectivity index (χ0n) is 13.6. The van der Waals surface area contributed by atoms with Gasteiger partial charge in [0.1, 0.15) is 5.37 Å². The third-order valence-corrected chi connectivity index (χ3v) is 5.03. The van der Waals surface area contributed by atoms with Crippen LogP contribution in [0.3, 0.4) is 0 Å². The first kappa shape index (κ1) is 16.9. The molecule has 1 heterocycles. The quantitative estimate of drug-likeness (QED) is 0.782. The van der Waals surface area contributed by atoms with Gasteiger partial charge >= 0.3 is 5.97 Å². The summed E-state index contributed by atoms with van der Waals surface area (Å²) in [4.78, 5) is 25.5. The summed E-state index contributed by atoms with van der Waals surface area (Å²) in [7, 11) is 0. The van der Waals surface area contributed by atoms with Crippen molar-refractivity contribution in [1.82, 2.24) is 4.90 Å². The topological polar surface area (TPSA) is 46.6 Å². The number of aryl methyl sites for hydroxylation is 3. The summed E-state index contributed by atoms with van der Waals surface area (Å²) >= 11 is 1.64. The Hall–Kier alpha value is -1.49. The standard InChI is InChI=1S/C17H23NO3S/c1-5-21-15(20)6-7-18-14(19)10-22-17(18)16-12(3)8-11(2)9-13(16)4/h8-9,17H,5-7,10H2,1-4H3. The highest BCUT2D eigenvalue weighted by Gasteiger charge is 2.34. The van der Waals surface area contributed by atoms with Crippen LogP contribution in [0.4, 0.5) is 0 Å². The second kappa shape index (κ2) is 7.18. The van der Waals surface area contributed by atoms with Crippen molar-refractivity contribution in [1.29, 1.82) is 0 Å². The molecule has 0 N–H and O–H groups in total. The lowest BCUT2D eigenvalue weighted by Crippen LogP contribution is -2.31. The maximum Gasteiger partial charge on any atom is 0.307 e. The SMILES string of the molecule is CCOC(=O)CCN1C(=O)CSC1c1c(C)cc(C)cc1C. The Morgan fingerprint density at radius 2 is 1.95 bits per heavy atom. The second-order valence-corrected chi connectivity index (χ2v) is 6.69. The predicted octanol–water partition coefficient (Wildman–Crippen LogP) is 3.14. The largest absolute Gasteiger partial charge is 0.466 e. The Labute approximate surface area is 136 Å². The molecule has 0 saturated carbocycles. The highest BCUT2D eigenvalue weighted by molar-refractivity contribution is 8.00. The van der Waals surface area contributed by atoms with Gasteiger partial charge in [0, 0.05) is 6.54 Å². The molecular weight excluding hydrogens is 298 g/mol. The van der Waals surface area contributed by atoms with Gasteiger partial charge in [-0.2, -0.15) is 0 Å². The van der Waals surface area contributed by atoms with Gasteiger partial charge in [0.2, 0.25) is 5.91 Å². The first-order valence-corrected chi connectivity index (χ1v) is 8.63. The van der Waals surface area contributed by atoms with E-state index in [0.29, 0.717) is 18.9 Å². The van der Waals surface area contributed by atoms with Crippen LogP contribution in [0, 0.1) is 20.8 Å². The van der Waals surface area contributed by atoms with E-state index < -0.39 is 0 Å². The second-order valence-electron chi connectivity index (χ2n) is 5.62. The van der Waals surface area contributed by atoms with Crippen molar-refractivity contribution >= 4 is 23.6 Å². The van der Waals surface area contributed by atoms with E-state index >= 15 is 0 Å². The molecule has 1 aliphatic rings. The Balaban J connectivity index is 2.19. The van der Waals surface area contributed by atoms with Crippen LogP contribution in [0.5, 0.6) is 0 Å². The van der Waals surface area contributed by atoms with Gasteiger partial charge in [0.25, 0.3) is 0 Å². The molecule has 1 aromatic carbocycles. The summed E-state index contributed by atoms with van der Waals surface area (Å²) in [5.41, 5.74) is 4.83. The Bertz CT molecular complexity index is 562. The normalized spacial score (nSPS) is 17.9. The van der Waals surface area contributed by atoms with Gasteiger partial charge < -0.3 is 9.64 Å². The van der Waals surface area contributed by atoms with Crippen molar-refractivity contribution in [2.75, 3.05) is 18.9 Å². The summed E-state index contributed by atoms with van der Waals surface area (Å²) in [5, 5.41) is 0.00234. The van der Waals surface area contributed by atoms with Gasteiger partial charge in [-0.3, -0.25) is 9.59 Å². The number of amides is 1. The van der Waals surface area contributed by atoms with Crippen LogP contribution in [-0.2, 0) is 14.3 Å². The summed E-state index contributed by atoms with van der Waals surface area (Å²) in [6.07, 6.45) is 0.251. The van der Waals surface area contributed by atoms with E-state index in [4.69, 9.17) is 4.74 Å². The minimum absolute atomic E-state index is 0.00234. The monoisotopic (exact) mass is 321 g/mol. The number of nitrogens with zero attached hydrogens (tertiary/aromatic N) is 1. The van der Waals surface area contributed by atoms with E-state index in [1.165, 1.54) is 22.3 Å². The molecule has 0 bridgehead atoms. The fraction of sp³-hybridized carbons (Fsp3) is 0.529. The first-order valence-electron chi connectivity index (χ1n) is 7.58. The molecule has 0 radical (unpaired) electrons. The average molecular weight is 321 g/mol. The molecule has 1 atom stereocenters. The minimum atomic E-state index is -0.247. The molecule has 1 aromatic rings. The van der Waals surface area contributed by atoms with Crippen molar-refractivity contribution < 1.29 is 14.3 Å².